The van der Waals surface area contributed by atoms with Gasteiger partial charge in [0.15, 0.2) is 0 Å². The van der Waals surface area contributed by atoms with Crippen LogP contribution in [0.3, 0.4) is 0 Å². The lowest BCUT2D eigenvalue weighted by molar-refractivity contribution is -0.117. The number of fused-ring (bicyclic) bond motifs is 1. The van der Waals surface area contributed by atoms with Gasteiger partial charge >= 0.3 is 0 Å². The maximum atomic E-state index is 13.5. The van der Waals surface area contributed by atoms with Gasteiger partial charge in [-0.1, -0.05) is 12.1 Å². The number of carbonyl (C=O) groups is 1. The zero-order valence-electron chi connectivity index (χ0n) is 11.5. The van der Waals surface area contributed by atoms with Gasteiger partial charge in [-0.25, -0.2) is 4.39 Å². The van der Waals surface area contributed by atoms with Gasteiger partial charge in [-0.3, -0.25) is 14.6 Å². The Labute approximate surface area is 118 Å². The van der Waals surface area contributed by atoms with Crippen molar-refractivity contribution in [3.8, 4) is 0 Å². The van der Waals surface area contributed by atoms with Crippen LogP contribution < -0.4 is 5.32 Å². The van der Waals surface area contributed by atoms with Crippen LogP contribution in [0, 0.1) is 5.82 Å². The molecule has 0 radical (unpaired) electrons. The number of nitrogens with one attached hydrogen (secondary N) is 1. The van der Waals surface area contributed by atoms with E-state index in [4.69, 9.17) is 0 Å². The van der Waals surface area contributed by atoms with E-state index in [0.29, 0.717) is 12.6 Å². The largest absolute Gasteiger partial charge is 0.322 e. The molecule has 3 rings (SSSR count). The predicted octanol–water partition coefficient (Wildman–Crippen LogP) is 1.54. The van der Waals surface area contributed by atoms with Crippen LogP contribution in [0.4, 0.5) is 10.1 Å². The van der Waals surface area contributed by atoms with Gasteiger partial charge in [0, 0.05) is 25.7 Å². The van der Waals surface area contributed by atoms with Crippen LogP contribution in [-0.2, 0) is 4.79 Å². The van der Waals surface area contributed by atoms with Gasteiger partial charge in [0.05, 0.1) is 12.2 Å². The van der Waals surface area contributed by atoms with Gasteiger partial charge in [0.25, 0.3) is 0 Å². The molecule has 2 heterocycles. The molecular formula is C15H20FN3O. The van der Waals surface area contributed by atoms with Crippen molar-refractivity contribution in [1.82, 2.24) is 9.80 Å². The first-order chi connectivity index (χ1) is 9.72. The van der Waals surface area contributed by atoms with Crippen molar-refractivity contribution in [3.05, 3.63) is 30.1 Å². The zero-order valence-corrected chi connectivity index (χ0v) is 11.5. The van der Waals surface area contributed by atoms with E-state index < -0.39 is 0 Å². The summed E-state index contributed by atoms with van der Waals surface area (Å²) in [6.45, 7) is 4.45. The molecule has 1 amide bonds. The maximum Gasteiger partial charge on any atom is 0.238 e. The van der Waals surface area contributed by atoms with Gasteiger partial charge in [-0.15, -0.1) is 0 Å². The van der Waals surface area contributed by atoms with E-state index in [2.05, 4.69) is 15.1 Å². The van der Waals surface area contributed by atoms with Crippen LogP contribution in [0.2, 0.25) is 0 Å². The molecule has 1 unspecified atom stereocenters. The summed E-state index contributed by atoms with van der Waals surface area (Å²) >= 11 is 0. The smallest absolute Gasteiger partial charge is 0.238 e. The molecule has 5 heteroatoms. The summed E-state index contributed by atoms with van der Waals surface area (Å²) in [5, 5.41) is 2.65. The summed E-state index contributed by atoms with van der Waals surface area (Å²) in [4.78, 5) is 16.7. The Balaban J connectivity index is 1.53. The number of halogens is 1. The predicted molar refractivity (Wildman–Crippen MR) is 76.1 cm³/mol. The molecule has 1 N–H and O–H groups in total. The van der Waals surface area contributed by atoms with Crippen LogP contribution in [0.15, 0.2) is 24.3 Å². The highest BCUT2D eigenvalue weighted by Gasteiger charge is 2.31. The molecule has 2 saturated heterocycles. The van der Waals surface area contributed by atoms with Crippen LogP contribution in [0.25, 0.3) is 0 Å². The molecule has 108 valence electrons. The Kier molecular flexibility index (Phi) is 3.98. The topological polar surface area (TPSA) is 35.6 Å². The quantitative estimate of drug-likeness (QED) is 0.910. The third-order valence-corrected chi connectivity index (χ3v) is 4.19. The molecule has 20 heavy (non-hydrogen) atoms. The molecule has 2 aliphatic rings. The number of nitrogens with zero attached hydrogens (tertiary/aromatic N) is 2. The number of carbonyl (C=O) groups excluding carboxylic acids is 1. The Hall–Kier alpha value is -1.46. The van der Waals surface area contributed by atoms with Crippen molar-refractivity contribution in [2.75, 3.05) is 38.0 Å². The van der Waals surface area contributed by atoms with Gasteiger partial charge in [0.2, 0.25) is 5.91 Å². The highest BCUT2D eigenvalue weighted by atomic mass is 19.1. The summed E-state index contributed by atoms with van der Waals surface area (Å²) < 4.78 is 13.5. The third kappa shape index (κ3) is 2.99. The number of anilines is 1. The second kappa shape index (κ2) is 5.89. The highest BCUT2D eigenvalue weighted by Crippen LogP contribution is 2.21. The van der Waals surface area contributed by atoms with E-state index >= 15 is 0 Å². The number of hydrogen-bond acceptors (Lipinski definition) is 3. The average Bonchev–Trinajstić information content (AvgIpc) is 2.89. The molecule has 1 aromatic carbocycles. The van der Waals surface area contributed by atoms with Crippen LogP contribution >= 0.6 is 0 Å². The van der Waals surface area contributed by atoms with Crippen LogP contribution in [-0.4, -0.2) is 54.5 Å². The normalized spacial score (nSPS) is 23.6. The molecular weight excluding hydrogens is 257 g/mol. The van der Waals surface area contributed by atoms with Crippen molar-refractivity contribution in [1.29, 1.82) is 0 Å². The lowest BCUT2D eigenvalue weighted by Crippen LogP contribution is -2.51. The minimum absolute atomic E-state index is 0.137. The number of hydrogen-bond donors (Lipinski definition) is 1. The number of rotatable bonds is 3. The molecule has 1 aromatic rings. The Bertz CT molecular complexity index is 494. The van der Waals surface area contributed by atoms with E-state index in [0.717, 1.165) is 19.6 Å². The Morgan fingerprint density at radius 1 is 1.30 bits per heavy atom. The molecule has 0 bridgehead atoms. The van der Waals surface area contributed by atoms with E-state index in [1.807, 2.05) is 0 Å². The fourth-order valence-electron chi connectivity index (χ4n) is 3.15. The Morgan fingerprint density at radius 2 is 2.15 bits per heavy atom. The van der Waals surface area contributed by atoms with Crippen LogP contribution in [0.5, 0.6) is 0 Å². The third-order valence-electron chi connectivity index (χ3n) is 4.19. The fraction of sp³-hybridized carbons (Fsp3) is 0.533. The standard InChI is InChI=1S/C15H20FN3O/c16-13-5-1-2-6-14(13)17-15(20)11-18-8-9-19-7-3-4-12(19)10-18/h1-2,5-6,12H,3-4,7-11H2,(H,17,20). The molecule has 1 atom stereocenters. The van der Waals surface area contributed by atoms with Crippen molar-refractivity contribution in [2.45, 2.75) is 18.9 Å². The van der Waals surface area contributed by atoms with E-state index in [1.165, 1.54) is 25.5 Å². The molecule has 0 saturated carbocycles. The molecule has 2 fully saturated rings. The van der Waals surface area contributed by atoms with E-state index in [9.17, 15) is 9.18 Å². The molecule has 4 nitrogen and oxygen atoms in total. The van der Waals surface area contributed by atoms with Gasteiger partial charge in [0.1, 0.15) is 5.82 Å². The second-order valence-corrected chi connectivity index (χ2v) is 5.60. The number of para-hydroxylation sites is 1. The minimum Gasteiger partial charge on any atom is -0.322 e. The van der Waals surface area contributed by atoms with Crippen molar-refractivity contribution >= 4 is 11.6 Å². The summed E-state index contributed by atoms with van der Waals surface area (Å²) in [7, 11) is 0. The van der Waals surface area contributed by atoms with Gasteiger partial charge < -0.3 is 5.32 Å². The van der Waals surface area contributed by atoms with Crippen molar-refractivity contribution < 1.29 is 9.18 Å². The van der Waals surface area contributed by atoms with Gasteiger partial charge in [-0.05, 0) is 31.5 Å². The second-order valence-electron chi connectivity index (χ2n) is 5.60. The van der Waals surface area contributed by atoms with Crippen molar-refractivity contribution in [3.63, 3.8) is 0 Å². The molecule has 2 aliphatic heterocycles. The summed E-state index contributed by atoms with van der Waals surface area (Å²) in [6, 6.07) is 6.88. The molecule has 0 aromatic heterocycles. The van der Waals surface area contributed by atoms with Gasteiger partial charge in [-0.2, -0.15) is 0 Å². The lowest BCUT2D eigenvalue weighted by Gasteiger charge is -2.37. The van der Waals surface area contributed by atoms with Crippen molar-refractivity contribution in [2.24, 2.45) is 0 Å². The van der Waals surface area contributed by atoms with E-state index in [1.54, 1.807) is 18.2 Å². The lowest BCUT2D eigenvalue weighted by atomic mass is 10.1. The molecule has 0 spiro atoms. The first-order valence-corrected chi connectivity index (χ1v) is 7.23. The minimum atomic E-state index is -0.388. The number of piperazine rings is 1. The monoisotopic (exact) mass is 277 g/mol. The van der Waals surface area contributed by atoms with E-state index in [-0.39, 0.29) is 17.4 Å². The first-order valence-electron chi connectivity index (χ1n) is 7.23. The number of benzene rings is 1. The Morgan fingerprint density at radius 3 is 3.00 bits per heavy atom. The highest BCUT2D eigenvalue weighted by molar-refractivity contribution is 5.92. The van der Waals surface area contributed by atoms with Crippen LogP contribution in [0.1, 0.15) is 12.8 Å². The fourth-order valence-corrected chi connectivity index (χ4v) is 3.15. The number of amides is 1. The molecule has 0 aliphatic carbocycles. The summed E-state index contributed by atoms with van der Waals surface area (Å²) in [5.41, 5.74) is 0.261. The maximum absolute atomic E-state index is 13.5. The first kappa shape index (κ1) is 13.5. The summed E-state index contributed by atoms with van der Waals surface area (Å²) in [6.07, 6.45) is 2.49. The zero-order chi connectivity index (χ0) is 13.9. The SMILES string of the molecule is O=C(CN1CCN2CCCC2C1)Nc1ccccc1F. The average molecular weight is 277 g/mol. The summed E-state index contributed by atoms with van der Waals surface area (Å²) in [5.74, 6) is -0.525.